The molecular weight excluding hydrogens is 226 g/mol. The molecule has 2 rings (SSSR count). The summed E-state index contributed by atoms with van der Waals surface area (Å²) in [6.07, 6.45) is 1.91. The third-order valence-electron chi connectivity index (χ3n) is 2.54. The van der Waals surface area contributed by atoms with Gasteiger partial charge in [-0.15, -0.1) is 0 Å². The van der Waals surface area contributed by atoms with Gasteiger partial charge < -0.3 is 5.32 Å². The molecule has 90 valence electrons. The molecule has 1 aromatic heterocycles. The van der Waals surface area contributed by atoms with Crippen LogP contribution in [-0.4, -0.2) is 22.2 Å². The molecule has 17 heavy (non-hydrogen) atoms. The van der Waals surface area contributed by atoms with E-state index in [4.69, 9.17) is 0 Å². The van der Waals surface area contributed by atoms with E-state index < -0.39 is 11.6 Å². The number of aromatic nitrogens is 3. The van der Waals surface area contributed by atoms with Gasteiger partial charge in [0.15, 0.2) is 11.6 Å². The predicted octanol–water partition coefficient (Wildman–Crippen LogP) is 1.59. The van der Waals surface area contributed by atoms with Crippen molar-refractivity contribution < 1.29 is 8.78 Å². The molecule has 0 amide bonds. The third-order valence-corrected chi connectivity index (χ3v) is 2.54. The van der Waals surface area contributed by atoms with Crippen LogP contribution in [0.1, 0.15) is 17.4 Å². The molecule has 0 aliphatic heterocycles. The fourth-order valence-electron chi connectivity index (χ4n) is 1.62. The van der Waals surface area contributed by atoms with Crippen molar-refractivity contribution in [2.75, 3.05) is 7.05 Å². The number of rotatable bonds is 4. The van der Waals surface area contributed by atoms with Crippen LogP contribution >= 0.6 is 0 Å². The molecule has 1 aromatic carbocycles. The maximum absolute atomic E-state index is 13.0. The van der Waals surface area contributed by atoms with Crippen molar-refractivity contribution in [3.05, 3.63) is 47.5 Å². The van der Waals surface area contributed by atoms with E-state index in [9.17, 15) is 8.78 Å². The largest absolute Gasteiger partial charge is 0.310 e. The van der Waals surface area contributed by atoms with E-state index in [2.05, 4.69) is 20.5 Å². The van der Waals surface area contributed by atoms with Crippen LogP contribution in [0.15, 0.2) is 24.5 Å². The molecule has 6 heteroatoms. The van der Waals surface area contributed by atoms with Gasteiger partial charge in [0.25, 0.3) is 0 Å². The molecule has 1 heterocycles. The van der Waals surface area contributed by atoms with Gasteiger partial charge >= 0.3 is 0 Å². The summed E-state index contributed by atoms with van der Waals surface area (Å²) < 4.78 is 25.8. The Morgan fingerprint density at radius 2 is 2.18 bits per heavy atom. The van der Waals surface area contributed by atoms with Gasteiger partial charge in [-0.05, 0) is 31.2 Å². The summed E-state index contributed by atoms with van der Waals surface area (Å²) in [5.41, 5.74) is 0.694. The summed E-state index contributed by atoms with van der Waals surface area (Å²) >= 11 is 0. The predicted molar refractivity (Wildman–Crippen MR) is 58.2 cm³/mol. The Morgan fingerprint density at radius 3 is 2.76 bits per heavy atom. The Morgan fingerprint density at radius 1 is 1.35 bits per heavy atom. The van der Waals surface area contributed by atoms with E-state index in [1.807, 2.05) is 0 Å². The monoisotopic (exact) mass is 238 g/mol. The van der Waals surface area contributed by atoms with Crippen LogP contribution in [0.3, 0.4) is 0 Å². The maximum atomic E-state index is 13.0. The number of aromatic amines is 1. The summed E-state index contributed by atoms with van der Waals surface area (Å²) in [5.74, 6) is -1.01. The minimum Gasteiger partial charge on any atom is -0.310 e. The fourth-order valence-corrected chi connectivity index (χ4v) is 1.62. The van der Waals surface area contributed by atoms with Crippen molar-refractivity contribution in [3.63, 3.8) is 0 Å². The number of likely N-dealkylation sites (N-methyl/N-ethyl adjacent to an activating group) is 1. The van der Waals surface area contributed by atoms with Crippen LogP contribution in [0.5, 0.6) is 0 Å². The molecule has 0 aliphatic carbocycles. The number of hydrogen-bond acceptors (Lipinski definition) is 3. The van der Waals surface area contributed by atoms with E-state index in [0.29, 0.717) is 17.8 Å². The van der Waals surface area contributed by atoms with Gasteiger partial charge in [-0.25, -0.2) is 13.8 Å². The van der Waals surface area contributed by atoms with Crippen molar-refractivity contribution in [3.8, 4) is 0 Å². The lowest BCUT2D eigenvalue weighted by molar-refractivity contribution is 0.503. The zero-order valence-electron chi connectivity index (χ0n) is 9.24. The maximum Gasteiger partial charge on any atom is 0.159 e. The normalized spacial score (nSPS) is 12.6. The first-order valence-electron chi connectivity index (χ1n) is 5.17. The molecule has 1 atom stereocenters. The second-order valence-corrected chi connectivity index (χ2v) is 3.66. The van der Waals surface area contributed by atoms with Crippen molar-refractivity contribution in [2.45, 2.75) is 12.5 Å². The number of nitrogens with zero attached hydrogens (tertiary/aromatic N) is 2. The van der Waals surface area contributed by atoms with Crippen LogP contribution in [0.25, 0.3) is 0 Å². The van der Waals surface area contributed by atoms with Crippen LogP contribution in [-0.2, 0) is 6.42 Å². The highest BCUT2D eigenvalue weighted by molar-refractivity contribution is 5.19. The third kappa shape index (κ3) is 2.65. The number of H-pyrrole nitrogens is 1. The summed E-state index contributed by atoms with van der Waals surface area (Å²) in [7, 11) is 1.77. The molecule has 4 nitrogen and oxygen atoms in total. The standard InChI is InChI=1S/C11H12F2N4/c1-14-10(11-15-6-16-17-11)5-7-2-3-8(12)9(13)4-7/h2-4,6,10,14H,5H2,1H3,(H,15,16,17). The average Bonchev–Trinajstić information content (AvgIpc) is 2.84. The lowest BCUT2D eigenvalue weighted by atomic mass is 10.1. The number of nitrogens with one attached hydrogen (secondary N) is 2. The zero-order chi connectivity index (χ0) is 12.3. The molecule has 1 unspecified atom stereocenters. The second kappa shape index (κ2) is 5.01. The molecular formula is C11H12F2N4. The minimum absolute atomic E-state index is 0.109. The Kier molecular flexibility index (Phi) is 3.43. The summed E-state index contributed by atoms with van der Waals surface area (Å²) in [5, 5.41) is 9.53. The van der Waals surface area contributed by atoms with Crippen LogP contribution in [0.4, 0.5) is 8.78 Å². The van der Waals surface area contributed by atoms with Gasteiger partial charge in [0, 0.05) is 0 Å². The second-order valence-electron chi connectivity index (χ2n) is 3.66. The molecule has 0 radical (unpaired) electrons. The lowest BCUT2D eigenvalue weighted by Crippen LogP contribution is -2.20. The number of hydrogen-bond donors (Lipinski definition) is 2. The fraction of sp³-hybridized carbons (Fsp3) is 0.273. The van der Waals surface area contributed by atoms with E-state index in [1.165, 1.54) is 12.4 Å². The zero-order valence-corrected chi connectivity index (χ0v) is 9.24. The smallest absolute Gasteiger partial charge is 0.159 e. The summed E-state index contributed by atoms with van der Waals surface area (Å²) in [6, 6.07) is 3.76. The van der Waals surface area contributed by atoms with Crippen molar-refractivity contribution in [2.24, 2.45) is 0 Å². The van der Waals surface area contributed by atoms with Gasteiger partial charge in [0.1, 0.15) is 12.2 Å². The van der Waals surface area contributed by atoms with Crippen LogP contribution in [0, 0.1) is 11.6 Å². The van der Waals surface area contributed by atoms with Crippen molar-refractivity contribution in [1.82, 2.24) is 20.5 Å². The highest BCUT2D eigenvalue weighted by Crippen LogP contribution is 2.16. The molecule has 0 spiro atoms. The van der Waals surface area contributed by atoms with Crippen LogP contribution < -0.4 is 5.32 Å². The van der Waals surface area contributed by atoms with Gasteiger partial charge in [0.05, 0.1) is 6.04 Å². The Hall–Kier alpha value is -1.82. The summed E-state index contributed by atoms with van der Waals surface area (Å²) in [4.78, 5) is 4.03. The Balaban J connectivity index is 2.16. The molecule has 2 aromatic rings. The van der Waals surface area contributed by atoms with Crippen molar-refractivity contribution >= 4 is 0 Å². The summed E-state index contributed by atoms with van der Waals surface area (Å²) in [6.45, 7) is 0. The molecule has 0 aliphatic rings. The van der Waals surface area contributed by atoms with Gasteiger partial charge in [-0.3, -0.25) is 5.10 Å². The van der Waals surface area contributed by atoms with Crippen molar-refractivity contribution in [1.29, 1.82) is 0 Å². The molecule has 2 N–H and O–H groups in total. The van der Waals surface area contributed by atoms with Gasteiger partial charge in [0.2, 0.25) is 0 Å². The van der Waals surface area contributed by atoms with Crippen LogP contribution in [0.2, 0.25) is 0 Å². The molecule has 0 saturated heterocycles. The first kappa shape index (κ1) is 11.7. The first-order valence-corrected chi connectivity index (χ1v) is 5.17. The van der Waals surface area contributed by atoms with Gasteiger partial charge in [-0.1, -0.05) is 6.07 Å². The minimum atomic E-state index is -0.838. The van der Waals surface area contributed by atoms with E-state index in [-0.39, 0.29) is 6.04 Å². The molecule has 0 fully saturated rings. The number of benzene rings is 1. The first-order chi connectivity index (χ1) is 8.20. The van der Waals surface area contributed by atoms with E-state index in [1.54, 1.807) is 13.1 Å². The van der Waals surface area contributed by atoms with E-state index >= 15 is 0 Å². The highest BCUT2D eigenvalue weighted by atomic mass is 19.2. The lowest BCUT2D eigenvalue weighted by Gasteiger charge is -2.13. The highest BCUT2D eigenvalue weighted by Gasteiger charge is 2.13. The Labute approximate surface area is 97.1 Å². The topological polar surface area (TPSA) is 53.6 Å². The number of halogens is 2. The SMILES string of the molecule is CNC(Cc1ccc(F)c(F)c1)c1ncn[nH]1. The molecule has 0 bridgehead atoms. The molecule has 0 saturated carbocycles. The Bertz CT molecular complexity index is 484. The quantitative estimate of drug-likeness (QED) is 0.850. The van der Waals surface area contributed by atoms with E-state index in [0.717, 1.165) is 6.07 Å². The van der Waals surface area contributed by atoms with Gasteiger partial charge in [-0.2, -0.15) is 5.10 Å². The average molecular weight is 238 g/mol.